The molecule has 0 aliphatic carbocycles. The number of aliphatic hydroxyl groups is 1. The zero-order chi connectivity index (χ0) is 8.27. The fourth-order valence-electron chi connectivity index (χ4n) is 0.718. The summed E-state index contributed by atoms with van der Waals surface area (Å²) >= 11 is 0. The molecule has 4 N–H and O–H groups in total. The molecule has 1 aromatic heterocycles. The molecular formula is C7H9N3O. The fraction of sp³-hybridized carbons (Fsp3) is 0.143. The highest BCUT2D eigenvalue weighted by atomic mass is 16.3. The third-order valence-electron chi connectivity index (χ3n) is 1.24. The molecule has 0 aliphatic heterocycles. The molecule has 0 saturated carbocycles. The first-order valence-electron chi connectivity index (χ1n) is 3.15. The highest BCUT2D eigenvalue weighted by Crippen LogP contribution is 1.97. The number of hydrogen-bond donors (Lipinski definition) is 3. The van der Waals surface area contributed by atoms with Crippen LogP contribution in [0.15, 0.2) is 18.2 Å². The van der Waals surface area contributed by atoms with Crippen LogP contribution >= 0.6 is 0 Å². The Morgan fingerprint density at radius 3 is 2.91 bits per heavy atom. The summed E-state index contributed by atoms with van der Waals surface area (Å²) in [6.45, 7) is -0.124. The quantitative estimate of drug-likeness (QED) is 0.406. The maximum absolute atomic E-state index is 8.67. The van der Waals surface area contributed by atoms with E-state index in [4.69, 9.17) is 16.2 Å². The first-order valence-corrected chi connectivity index (χ1v) is 3.15. The Bertz CT molecular complexity index is 272. The van der Waals surface area contributed by atoms with Crippen molar-refractivity contribution in [1.82, 2.24) is 4.98 Å². The standard InChI is InChI=1S/C7H9N3O/c8-7(9)6-3-1-2-5(4-11)10-6/h1-3,11H,4H2,(H3,8,9). The largest absolute Gasteiger partial charge is 0.390 e. The zero-order valence-corrected chi connectivity index (χ0v) is 5.91. The third kappa shape index (κ3) is 1.75. The van der Waals surface area contributed by atoms with Crippen molar-refractivity contribution >= 4 is 5.84 Å². The van der Waals surface area contributed by atoms with Gasteiger partial charge in [0, 0.05) is 0 Å². The summed E-state index contributed by atoms with van der Waals surface area (Å²) in [5.74, 6) is -0.0831. The Labute approximate surface area is 64.2 Å². The summed E-state index contributed by atoms with van der Waals surface area (Å²) in [7, 11) is 0. The summed E-state index contributed by atoms with van der Waals surface area (Å²) in [6.07, 6.45) is 0. The van der Waals surface area contributed by atoms with Gasteiger partial charge in [0.05, 0.1) is 12.3 Å². The number of nitrogens with zero attached hydrogens (tertiary/aromatic N) is 1. The van der Waals surface area contributed by atoms with E-state index in [0.717, 1.165) is 0 Å². The first kappa shape index (κ1) is 7.68. The van der Waals surface area contributed by atoms with Crippen molar-refractivity contribution in [3.63, 3.8) is 0 Å². The molecular weight excluding hydrogens is 142 g/mol. The second-order valence-corrected chi connectivity index (χ2v) is 2.09. The minimum Gasteiger partial charge on any atom is -0.390 e. The molecule has 0 aliphatic rings. The highest BCUT2D eigenvalue weighted by molar-refractivity contribution is 5.92. The maximum atomic E-state index is 8.67. The SMILES string of the molecule is N=C(N)c1cccc(CO)n1. The lowest BCUT2D eigenvalue weighted by Gasteiger charge is -1.98. The average Bonchev–Trinajstić information content (AvgIpc) is 2.05. The van der Waals surface area contributed by atoms with E-state index in [1.54, 1.807) is 18.2 Å². The number of aliphatic hydroxyl groups excluding tert-OH is 1. The zero-order valence-electron chi connectivity index (χ0n) is 5.91. The molecule has 0 bridgehead atoms. The summed E-state index contributed by atoms with van der Waals surface area (Å²) in [5.41, 5.74) is 6.10. The van der Waals surface area contributed by atoms with Crippen LogP contribution in [0.3, 0.4) is 0 Å². The van der Waals surface area contributed by atoms with E-state index in [9.17, 15) is 0 Å². The topological polar surface area (TPSA) is 83.0 Å². The van der Waals surface area contributed by atoms with Gasteiger partial charge in [-0.15, -0.1) is 0 Å². The molecule has 4 heteroatoms. The van der Waals surface area contributed by atoms with E-state index in [1.165, 1.54) is 0 Å². The normalized spacial score (nSPS) is 9.55. The minimum absolute atomic E-state index is 0.0831. The number of pyridine rings is 1. The number of amidine groups is 1. The van der Waals surface area contributed by atoms with E-state index in [2.05, 4.69) is 4.98 Å². The van der Waals surface area contributed by atoms with Crippen molar-refractivity contribution in [2.45, 2.75) is 6.61 Å². The van der Waals surface area contributed by atoms with Crippen molar-refractivity contribution in [1.29, 1.82) is 5.41 Å². The predicted octanol–water partition coefficient (Wildman–Crippen LogP) is -0.142. The maximum Gasteiger partial charge on any atom is 0.141 e. The number of hydrogen-bond acceptors (Lipinski definition) is 3. The molecule has 0 amide bonds. The third-order valence-corrected chi connectivity index (χ3v) is 1.24. The second-order valence-electron chi connectivity index (χ2n) is 2.09. The van der Waals surface area contributed by atoms with Gasteiger partial charge < -0.3 is 10.8 Å². The Kier molecular flexibility index (Phi) is 2.18. The van der Waals surface area contributed by atoms with Crippen LogP contribution < -0.4 is 5.73 Å². The van der Waals surface area contributed by atoms with Gasteiger partial charge in [0.25, 0.3) is 0 Å². The smallest absolute Gasteiger partial charge is 0.141 e. The van der Waals surface area contributed by atoms with Crippen LogP contribution in [0.4, 0.5) is 0 Å². The number of nitrogen functional groups attached to an aromatic ring is 1. The summed E-state index contributed by atoms with van der Waals surface area (Å²) in [5, 5.41) is 15.7. The molecule has 1 heterocycles. The van der Waals surface area contributed by atoms with Crippen molar-refractivity contribution in [3.05, 3.63) is 29.6 Å². The molecule has 1 aromatic rings. The van der Waals surface area contributed by atoms with Crippen LogP contribution in [0.1, 0.15) is 11.4 Å². The summed E-state index contributed by atoms with van der Waals surface area (Å²) < 4.78 is 0. The average molecular weight is 151 g/mol. The van der Waals surface area contributed by atoms with Gasteiger partial charge in [0.15, 0.2) is 0 Å². The Hall–Kier alpha value is -1.42. The summed E-state index contributed by atoms with van der Waals surface area (Å²) in [4.78, 5) is 3.89. The van der Waals surface area contributed by atoms with Gasteiger partial charge in [-0.3, -0.25) is 5.41 Å². The van der Waals surface area contributed by atoms with Crippen LogP contribution in [-0.4, -0.2) is 15.9 Å². The molecule has 0 spiro atoms. The number of aromatic nitrogens is 1. The lowest BCUT2D eigenvalue weighted by Crippen LogP contribution is -2.13. The van der Waals surface area contributed by atoms with Gasteiger partial charge in [-0.05, 0) is 12.1 Å². The number of rotatable bonds is 2. The molecule has 11 heavy (non-hydrogen) atoms. The number of nitrogens with two attached hydrogens (primary N) is 1. The monoisotopic (exact) mass is 151 g/mol. The van der Waals surface area contributed by atoms with E-state index >= 15 is 0 Å². The van der Waals surface area contributed by atoms with Crippen LogP contribution in [0.2, 0.25) is 0 Å². The predicted molar refractivity (Wildman–Crippen MR) is 41.2 cm³/mol. The molecule has 4 nitrogen and oxygen atoms in total. The van der Waals surface area contributed by atoms with Crippen molar-refractivity contribution in [2.75, 3.05) is 0 Å². The molecule has 1 rings (SSSR count). The van der Waals surface area contributed by atoms with Crippen LogP contribution in [0.25, 0.3) is 0 Å². The van der Waals surface area contributed by atoms with Crippen LogP contribution in [-0.2, 0) is 6.61 Å². The van der Waals surface area contributed by atoms with Crippen LogP contribution in [0, 0.1) is 5.41 Å². The molecule has 0 saturated heterocycles. The van der Waals surface area contributed by atoms with Crippen molar-refractivity contribution in [2.24, 2.45) is 5.73 Å². The van der Waals surface area contributed by atoms with Gasteiger partial charge in [-0.1, -0.05) is 6.07 Å². The highest BCUT2D eigenvalue weighted by Gasteiger charge is 1.97. The molecule has 0 radical (unpaired) electrons. The van der Waals surface area contributed by atoms with E-state index < -0.39 is 0 Å². The second kappa shape index (κ2) is 3.12. The lowest BCUT2D eigenvalue weighted by molar-refractivity contribution is 0.277. The molecule has 58 valence electrons. The van der Waals surface area contributed by atoms with Gasteiger partial charge in [-0.2, -0.15) is 0 Å². The molecule has 0 fully saturated rings. The summed E-state index contributed by atoms with van der Waals surface area (Å²) in [6, 6.07) is 5.00. The Balaban J connectivity index is 3.01. The van der Waals surface area contributed by atoms with Crippen molar-refractivity contribution in [3.8, 4) is 0 Å². The first-order chi connectivity index (χ1) is 5.24. The van der Waals surface area contributed by atoms with Gasteiger partial charge in [-0.25, -0.2) is 4.98 Å². The molecule has 0 unspecified atom stereocenters. The number of nitrogens with one attached hydrogen (secondary N) is 1. The Morgan fingerprint density at radius 1 is 1.64 bits per heavy atom. The minimum atomic E-state index is -0.124. The van der Waals surface area contributed by atoms with Crippen LogP contribution in [0.5, 0.6) is 0 Å². The van der Waals surface area contributed by atoms with E-state index in [1.807, 2.05) is 0 Å². The lowest BCUT2D eigenvalue weighted by atomic mass is 10.3. The molecule has 0 aromatic carbocycles. The Morgan fingerprint density at radius 2 is 2.36 bits per heavy atom. The fourth-order valence-corrected chi connectivity index (χ4v) is 0.718. The molecule has 0 atom stereocenters. The van der Waals surface area contributed by atoms with Gasteiger partial charge in [0.1, 0.15) is 11.5 Å². The van der Waals surface area contributed by atoms with Crippen molar-refractivity contribution < 1.29 is 5.11 Å². The van der Waals surface area contributed by atoms with E-state index in [-0.39, 0.29) is 12.4 Å². The van der Waals surface area contributed by atoms with Gasteiger partial charge in [0.2, 0.25) is 0 Å². The van der Waals surface area contributed by atoms with Gasteiger partial charge >= 0.3 is 0 Å². The van der Waals surface area contributed by atoms with E-state index in [0.29, 0.717) is 11.4 Å².